The van der Waals surface area contributed by atoms with Crippen molar-refractivity contribution in [3.63, 3.8) is 0 Å². The van der Waals surface area contributed by atoms with Crippen molar-refractivity contribution in [1.29, 1.82) is 0 Å². The Morgan fingerprint density at radius 3 is 2.50 bits per heavy atom. The summed E-state index contributed by atoms with van der Waals surface area (Å²) in [6, 6.07) is 13.4. The molecule has 0 saturated heterocycles. The van der Waals surface area contributed by atoms with Crippen molar-refractivity contribution in [1.82, 2.24) is 19.4 Å². The number of thioether (sulfide) groups is 1. The van der Waals surface area contributed by atoms with E-state index in [-0.39, 0.29) is 18.0 Å². The maximum Gasteiger partial charge on any atom is 0.243 e. The number of aryl methyl sites for hydroxylation is 1. The summed E-state index contributed by atoms with van der Waals surface area (Å²) in [5, 5.41) is 3.22. The van der Waals surface area contributed by atoms with Gasteiger partial charge in [0.2, 0.25) is 5.91 Å². The van der Waals surface area contributed by atoms with Gasteiger partial charge in [0, 0.05) is 31.8 Å². The van der Waals surface area contributed by atoms with Crippen LogP contribution in [0.2, 0.25) is 0 Å². The zero-order valence-electron chi connectivity index (χ0n) is 15.1. The topological polar surface area (TPSA) is 51.9 Å². The zero-order valence-corrected chi connectivity index (χ0v) is 15.9. The fraction of sp³-hybridized carbons (Fsp3) is 0.300. The Bertz CT molecular complexity index is 813. The van der Waals surface area contributed by atoms with Gasteiger partial charge >= 0.3 is 0 Å². The maximum atomic E-state index is 13.2. The van der Waals surface area contributed by atoms with Crippen LogP contribution in [0, 0.1) is 0 Å². The van der Waals surface area contributed by atoms with Crippen molar-refractivity contribution in [2.24, 2.45) is 7.05 Å². The third kappa shape index (κ3) is 4.19. The van der Waals surface area contributed by atoms with Crippen molar-refractivity contribution in [2.45, 2.75) is 18.5 Å². The number of hydrogen-bond acceptors (Lipinski definition) is 3. The van der Waals surface area contributed by atoms with Crippen LogP contribution in [0.4, 0.5) is 0 Å². The summed E-state index contributed by atoms with van der Waals surface area (Å²) in [6.45, 7) is 0. The van der Waals surface area contributed by atoms with Crippen LogP contribution in [0.25, 0.3) is 0 Å². The number of amides is 1. The van der Waals surface area contributed by atoms with Crippen molar-refractivity contribution < 1.29 is 4.79 Å². The van der Waals surface area contributed by atoms with Gasteiger partial charge in [-0.3, -0.25) is 4.79 Å². The van der Waals surface area contributed by atoms with Crippen LogP contribution in [0.3, 0.4) is 0 Å². The Morgan fingerprint density at radius 1 is 1.15 bits per heavy atom. The quantitative estimate of drug-likeness (QED) is 0.663. The number of benzene rings is 1. The van der Waals surface area contributed by atoms with Crippen LogP contribution in [0.1, 0.15) is 29.9 Å². The number of nitrogens with one attached hydrogen (secondary N) is 1. The second kappa shape index (κ2) is 8.76. The predicted molar refractivity (Wildman–Crippen MR) is 106 cm³/mol. The van der Waals surface area contributed by atoms with Gasteiger partial charge in [-0.05, 0) is 36.1 Å². The van der Waals surface area contributed by atoms with Crippen LogP contribution >= 0.6 is 11.8 Å². The third-order valence-corrected chi connectivity index (χ3v) is 5.07. The van der Waals surface area contributed by atoms with E-state index in [1.807, 2.05) is 77.2 Å². The van der Waals surface area contributed by atoms with Gasteiger partial charge in [-0.1, -0.05) is 30.3 Å². The van der Waals surface area contributed by atoms with E-state index in [0.29, 0.717) is 0 Å². The summed E-state index contributed by atoms with van der Waals surface area (Å²) < 4.78 is 3.93. The summed E-state index contributed by atoms with van der Waals surface area (Å²) in [5.74, 6) is 1.75. The lowest BCUT2D eigenvalue weighted by Gasteiger charge is -2.24. The Hall–Kier alpha value is -2.47. The monoisotopic (exact) mass is 368 g/mol. The number of imidazole rings is 1. The van der Waals surface area contributed by atoms with Gasteiger partial charge in [0.1, 0.15) is 17.9 Å². The van der Waals surface area contributed by atoms with E-state index in [2.05, 4.69) is 16.6 Å². The van der Waals surface area contributed by atoms with E-state index >= 15 is 0 Å². The first-order chi connectivity index (χ1) is 12.7. The van der Waals surface area contributed by atoms with Crippen molar-refractivity contribution >= 4 is 17.7 Å². The second-order valence-electron chi connectivity index (χ2n) is 6.18. The molecule has 5 nitrogen and oxygen atoms in total. The van der Waals surface area contributed by atoms with Gasteiger partial charge in [-0.15, -0.1) is 0 Å². The molecule has 0 aliphatic heterocycles. The molecule has 6 heteroatoms. The molecule has 2 atom stereocenters. The van der Waals surface area contributed by atoms with Gasteiger partial charge in [-0.2, -0.15) is 11.8 Å². The van der Waals surface area contributed by atoms with Crippen LogP contribution < -0.4 is 5.32 Å². The zero-order chi connectivity index (χ0) is 18.4. The Labute approximate surface area is 158 Å². The summed E-state index contributed by atoms with van der Waals surface area (Å²) in [5.41, 5.74) is 1.02. The van der Waals surface area contributed by atoms with Gasteiger partial charge in [0.25, 0.3) is 0 Å². The SMILES string of the molecule is CSCC[C@H](C(=O)N[C@@H](c1ccccc1)c1nccn1C)n1cccc1. The molecule has 0 fully saturated rings. The van der Waals surface area contributed by atoms with Gasteiger partial charge in [0.15, 0.2) is 0 Å². The molecule has 2 heterocycles. The first kappa shape index (κ1) is 18.3. The van der Waals surface area contributed by atoms with Crippen LogP contribution in [0.5, 0.6) is 0 Å². The minimum Gasteiger partial charge on any atom is -0.342 e. The first-order valence-electron chi connectivity index (χ1n) is 8.64. The molecule has 0 aliphatic rings. The molecule has 0 radical (unpaired) electrons. The summed E-state index contributed by atoms with van der Waals surface area (Å²) >= 11 is 1.75. The number of hydrogen-bond donors (Lipinski definition) is 1. The normalized spacial score (nSPS) is 13.3. The molecule has 3 rings (SSSR count). The lowest BCUT2D eigenvalue weighted by Crippen LogP contribution is -2.37. The molecule has 0 bridgehead atoms. The number of carbonyl (C=O) groups excluding carboxylic acids is 1. The van der Waals surface area contributed by atoms with E-state index in [4.69, 9.17) is 0 Å². The number of rotatable bonds is 8. The first-order valence-corrected chi connectivity index (χ1v) is 10.0. The highest BCUT2D eigenvalue weighted by Crippen LogP contribution is 2.23. The van der Waals surface area contributed by atoms with Crippen LogP contribution in [-0.4, -0.2) is 32.0 Å². The molecule has 2 aromatic heterocycles. The minimum absolute atomic E-state index is 0.00658. The number of carbonyl (C=O) groups is 1. The van der Waals surface area contributed by atoms with Gasteiger partial charge in [0.05, 0.1) is 0 Å². The van der Waals surface area contributed by atoms with Crippen molar-refractivity contribution in [2.75, 3.05) is 12.0 Å². The molecule has 3 aromatic rings. The average molecular weight is 369 g/mol. The highest BCUT2D eigenvalue weighted by atomic mass is 32.2. The van der Waals surface area contributed by atoms with Crippen LogP contribution in [0.15, 0.2) is 67.3 Å². The van der Waals surface area contributed by atoms with E-state index in [0.717, 1.165) is 23.6 Å². The van der Waals surface area contributed by atoms with Crippen molar-refractivity contribution in [3.8, 4) is 0 Å². The van der Waals surface area contributed by atoms with E-state index < -0.39 is 0 Å². The number of aromatic nitrogens is 3. The number of nitrogens with zero attached hydrogens (tertiary/aromatic N) is 3. The highest BCUT2D eigenvalue weighted by Gasteiger charge is 2.26. The van der Waals surface area contributed by atoms with Gasteiger partial charge < -0.3 is 14.5 Å². The molecular formula is C20H24N4OS. The predicted octanol–water partition coefficient (Wildman–Crippen LogP) is 3.42. The fourth-order valence-corrected chi connectivity index (χ4v) is 3.50. The lowest BCUT2D eigenvalue weighted by atomic mass is 10.1. The molecular weight excluding hydrogens is 344 g/mol. The second-order valence-corrected chi connectivity index (χ2v) is 7.16. The standard InChI is InChI=1S/C20H24N4OS/c1-23-14-11-21-19(23)18(16-8-4-3-5-9-16)22-20(25)17(10-15-26-2)24-12-6-7-13-24/h3-9,11-14,17-18H,10,15H2,1-2H3,(H,22,25)/t17-,18+/m1/s1. The minimum atomic E-state index is -0.281. The van der Waals surface area contributed by atoms with Crippen LogP contribution in [-0.2, 0) is 11.8 Å². The van der Waals surface area contributed by atoms with E-state index in [1.165, 1.54) is 0 Å². The molecule has 0 spiro atoms. The third-order valence-electron chi connectivity index (χ3n) is 4.42. The Morgan fingerprint density at radius 2 is 1.88 bits per heavy atom. The molecule has 1 N–H and O–H groups in total. The molecule has 0 unspecified atom stereocenters. The fourth-order valence-electron chi connectivity index (χ4n) is 3.04. The molecule has 1 amide bonds. The summed E-state index contributed by atoms with van der Waals surface area (Å²) in [4.78, 5) is 17.6. The largest absolute Gasteiger partial charge is 0.342 e. The molecule has 136 valence electrons. The maximum absolute atomic E-state index is 13.2. The van der Waals surface area contributed by atoms with Gasteiger partial charge in [-0.25, -0.2) is 4.98 Å². The average Bonchev–Trinajstić information content (AvgIpc) is 3.33. The van der Waals surface area contributed by atoms with E-state index in [9.17, 15) is 4.79 Å². The van der Waals surface area contributed by atoms with E-state index in [1.54, 1.807) is 18.0 Å². The summed E-state index contributed by atoms with van der Waals surface area (Å²) in [6.07, 6.45) is 10.4. The Balaban J connectivity index is 1.88. The molecule has 26 heavy (non-hydrogen) atoms. The smallest absolute Gasteiger partial charge is 0.243 e. The highest BCUT2D eigenvalue weighted by molar-refractivity contribution is 7.98. The summed E-state index contributed by atoms with van der Waals surface area (Å²) in [7, 11) is 1.95. The van der Waals surface area contributed by atoms with Crippen molar-refractivity contribution in [3.05, 3.63) is 78.6 Å². The molecule has 1 aromatic carbocycles. The molecule has 0 saturated carbocycles. The molecule has 0 aliphatic carbocycles. The Kier molecular flexibility index (Phi) is 6.17. The lowest BCUT2D eigenvalue weighted by molar-refractivity contribution is -0.125.